The van der Waals surface area contributed by atoms with Crippen LogP contribution in [0.3, 0.4) is 0 Å². The highest BCUT2D eigenvalue weighted by atomic mass is 35.5. The Balaban J connectivity index is 0.00000225. The van der Waals surface area contributed by atoms with Gasteiger partial charge in [-0.1, -0.05) is 29.8 Å². The van der Waals surface area contributed by atoms with Crippen molar-refractivity contribution in [1.82, 2.24) is 4.90 Å². The molecule has 0 saturated heterocycles. The Morgan fingerprint density at radius 2 is 1.93 bits per heavy atom. The van der Waals surface area contributed by atoms with Crippen molar-refractivity contribution in [3.8, 4) is 0 Å². The Morgan fingerprint density at radius 3 is 2.64 bits per heavy atom. The van der Waals surface area contributed by atoms with E-state index < -0.39 is 9.84 Å². The monoisotopic (exact) mass is 441 g/mol. The zero-order valence-electron chi connectivity index (χ0n) is 15.4. The minimum absolute atomic E-state index is 0. The van der Waals surface area contributed by atoms with Gasteiger partial charge in [0.15, 0.2) is 5.58 Å². The third kappa shape index (κ3) is 3.80. The summed E-state index contributed by atoms with van der Waals surface area (Å²) in [5, 5.41) is 1.09. The van der Waals surface area contributed by atoms with Crippen LogP contribution < -0.4 is 0 Å². The van der Waals surface area contributed by atoms with Crippen LogP contribution in [0.5, 0.6) is 0 Å². The lowest BCUT2D eigenvalue weighted by molar-refractivity contribution is 0.138. The minimum atomic E-state index is -3.64. The Labute approximate surface area is 175 Å². The van der Waals surface area contributed by atoms with E-state index in [1.54, 1.807) is 43.5 Å². The Kier molecular flexibility index (Phi) is 6.37. The van der Waals surface area contributed by atoms with Gasteiger partial charge in [0.2, 0.25) is 9.84 Å². The molecule has 2 heterocycles. The summed E-state index contributed by atoms with van der Waals surface area (Å²) >= 11 is 6.40. The lowest BCUT2D eigenvalue weighted by Crippen LogP contribution is -2.32. The number of sulfone groups is 1. The van der Waals surface area contributed by atoms with Gasteiger partial charge < -0.3 is 9.15 Å². The van der Waals surface area contributed by atoms with Gasteiger partial charge in [0.1, 0.15) is 5.76 Å². The summed E-state index contributed by atoms with van der Waals surface area (Å²) in [6.07, 6.45) is 0.769. The molecular weight excluding hydrogens is 421 g/mol. The maximum absolute atomic E-state index is 13.0. The Bertz CT molecular complexity index is 1080. The Hall–Kier alpha value is -1.57. The molecule has 0 unspecified atom stereocenters. The van der Waals surface area contributed by atoms with Crippen molar-refractivity contribution >= 4 is 44.8 Å². The zero-order chi connectivity index (χ0) is 19.0. The molecule has 2 aromatic carbocycles. The molecule has 0 N–H and O–H groups in total. The number of methoxy groups -OCH3 is 1. The van der Waals surface area contributed by atoms with Crippen molar-refractivity contribution in [3.05, 3.63) is 58.8 Å². The molecule has 0 atom stereocenters. The van der Waals surface area contributed by atoms with Gasteiger partial charge in [0.05, 0.1) is 21.4 Å². The van der Waals surface area contributed by atoms with Crippen LogP contribution in [0.15, 0.2) is 56.7 Å². The van der Waals surface area contributed by atoms with Gasteiger partial charge in [-0.2, -0.15) is 0 Å². The number of fused-ring (bicyclic) bond motifs is 3. The lowest BCUT2D eigenvalue weighted by atomic mass is 10.0. The molecule has 8 heteroatoms. The van der Waals surface area contributed by atoms with E-state index in [-0.39, 0.29) is 22.2 Å². The largest absolute Gasteiger partial charge is 0.459 e. The van der Waals surface area contributed by atoms with Crippen molar-refractivity contribution in [2.75, 3.05) is 26.8 Å². The smallest absolute Gasteiger partial charge is 0.206 e. The van der Waals surface area contributed by atoms with Crippen LogP contribution in [-0.4, -0.2) is 40.1 Å². The zero-order valence-corrected chi connectivity index (χ0v) is 17.7. The summed E-state index contributed by atoms with van der Waals surface area (Å²) in [5.41, 5.74) is 1.57. The second-order valence-corrected chi connectivity index (χ2v) is 8.98. The van der Waals surface area contributed by atoms with E-state index in [2.05, 4.69) is 4.90 Å². The first-order valence-corrected chi connectivity index (χ1v) is 10.6. The van der Waals surface area contributed by atoms with Crippen molar-refractivity contribution in [1.29, 1.82) is 0 Å². The fourth-order valence-corrected chi connectivity index (χ4v) is 5.13. The second kappa shape index (κ2) is 8.43. The van der Waals surface area contributed by atoms with Gasteiger partial charge >= 0.3 is 0 Å². The second-order valence-electron chi connectivity index (χ2n) is 6.62. The third-order valence-corrected chi connectivity index (χ3v) is 6.95. The molecule has 0 fully saturated rings. The van der Waals surface area contributed by atoms with Gasteiger partial charge in [-0.05, 0) is 24.3 Å². The van der Waals surface area contributed by atoms with Gasteiger partial charge in [-0.3, -0.25) is 4.90 Å². The molecule has 4 rings (SSSR count). The topological polar surface area (TPSA) is 59.8 Å². The van der Waals surface area contributed by atoms with Crippen molar-refractivity contribution in [2.45, 2.75) is 22.8 Å². The van der Waals surface area contributed by atoms with Gasteiger partial charge in [0.25, 0.3) is 0 Å². The van der Waals surface area contributed by atoms with E-state index in [4.69, 9.17) is 20.8 Å². The van der Waals surface area contributed by atoms with Crippen LogP contribution in [0.1, 0.15) is 11.3 Å². The first-order chi connectivity index (χ1) is 13.0. The molecule has 5 nitrogen and oxygen atoms in total. The minimum Gasteiger partial charge on any atom is -0.459 e. The number of rotatable bonds is 5. The Morgan fingerprint density at radius 1 is 1.18 bits per heavy atom. The molecule has 150 valence electrons. The summed E-state index contributed by atoms with van der Waals surface area (Å²) in [6.45, 7) is 3.04. The molecule has 0 bridgehead atoms. The average molecular weight is 442 g/mol. The fourth-order valence-electron chi connectivity index (χ4n) is 3.47. The molecule has 1 aliphatic heterocycles. The number of hydrogen-bond acceptors (Lipinski definition) is 5. The summed E-state index contributed by atoms with van der Waals surface area (Å²) in [7, 11) is -1.96. The highest BCUT2D eigenvalue weighted by Crippen LogP contribution is 2.37. The van der Waals surface area contributed by atoms with Crippen molar-refractivity contribution in [2.24, 2.45) is 0 Å². The van der Waals surface area contributed by atoms with Gasteiger partial charge in [-0.25, -0.2) is 8.42 Å². The van der Waals surface area contributed by atoms with Gasteiger partial charge in [0, 0.05) is 44.1 Å². The highest BCUT2D eigenvalue weighted by Gasteiger charge is 2.26. The maximum atomic E-state index is 13.0. The lowest BCUT2D eigenvalue weighted by Gasteiger charge is -2.25. The van der Waals surface area contributed by atoms with E-state index in [1.165, 1.54) is 6.07 Å². The molecule has 0 spiro atoms. The molecular formula is C20H21Cl2NO4S. The normalized spacial score (nSPS) is 14.6. The molecule has 0 aliphatic carbocycles. The van der Waals surface area contributed by atoms with Crippen LogP contribution in [0.2, 0.25) is 5.02 Å². The predicted molar refractivity (Wildman–Crippen MR) is 111 cm³/mol. The van der Waals surface area contributed by atoms with Crippen LogP contribution in [0.25, 0.3) is 11.0 Å². The number of benzene rings is 2. The summed E-state index contributed by atoms with van der Waals surface area (Å²) in [5.74, 6) is 0.884. The fraction of sp³-hybridized carbons (Fsp3) is 0.300. The number of nitrogens with zero attached hydrogens (tertiary/aromatic N) is 1. The first kappa shape index (κ1) is 21.1. The van der Waals surface area contributed by atoms with Crippen LogP contribution in [0.4, 0.5) is 0 Å². The molecule has 1 aliphatic rings. The number of hydrogen-bond donors (Lipinski definition) is 0. The molecule has 0 saturated carbocycles. The molecule has 0 amide bonds. The summed E-state index contributed by atoms with van der Waals surface area (Å²) in [6, 6.07) is 11.5. The number of halogens is 2. The van der Waals surface area contributed by atoms with E-state index in [0.717, 1.165) is 36.2 Å². The maximum Gasteiger partial charge on any atom is 0.206 e. The molecule has 28 heavy (non-hydrogen) atoms. The van der Waals surface area contributed by atoms with Crippen LogP contribution in [-0.2, 0) is 27.5 Å². The van der Waals surface area contributed by atoms with E-state index in [9.17, 15) is 8.42 Å². The predicted octanol–water partition coefficient (Wildman–Crippen LogP) is 4.35. The SMILES string of the molecule is COCCN1CCc2oc3c(Cl)cc(S(=O)(=O)c4ccccc4)cc3c2C1.Cl. The van der Waals surface area contributed by atoms with Crippen molar-refractivity contribution in [3.63, 3.8) is 0 Å². The number of ether oxygens (including phenoxy) is 1. The molecule has 1 aromatic heterocycles. The van der Waals surface area contributed by atoms with Gasteiger partial charge in [-0.15, -0.1) is 12.4 Å². The summed E-state index contributed by atoms with van der Waals surface area (Å²) in [4.78, 5) is 2.70. The van der Waals surface area contributed by atoms with Crippen LogP contribution >= 0.6 is 24.0 Å². The highest BCUT2D eigenvalue weighted by molar-refractivity contribution is 7.91. The molecule has 0 radical (unpaired) electrons. The molecule has 3 aromatic rings. The van der Waals surface area contributed by atoms with Crippen molar-refractivity contribution < 1.29 is 17.6 Å². The van der Waals surface area contributed by atoms with Crippen LogP contribution in [0, 0.1) is 0 Å². The first-order valence-electron chi connectivity index (χ1n) is 8.76. The number of furan rings is 1. The van der Waals surface area contributed by atoms with E-state index in [1.807, 2.05) is 0 Å². The quantitative estimate of drug-likeness (QED) is 0.588. The third-order valence-electron chi connectivity index (χ3n) is 4.92. The standard InChI is InChI=1S/C20H20ClNO4S.ClH/c1-25-10-9-22-8-7-19-17(13-22)16-11-15(12-18(21)20(16)26-19)27(23,24)14-5-3-2-4-6-14;/h2-6,11-12H,7-10,13H2,1H3;1H. The van der Waals surface area contributed by atoms with E-state index >= 15 is 0 Å². The summed E-state index contributed by atoms with van der Waals surface area (Å²) < 4.78 is 37.1. The van der Waals surface area contributed by atoms with E-state index in [0.29, 0.717) is 23.8 Å². The average Bonchev–Trinajstić information content (AvgIpc) is 3.06.